The van der Waals surface area contributed by atoms with E-state index in [2.05, 4.69) is 34.7 Å². The third kappa shape index (κ3) is 3.54. The molecule has 0 spiro atoms. The highest BCUT2D eigenvalue weighted by Crippen LogP contribution is 2.19. The lowest BCUT2D eigenvalue weighted by molar-refractivity contribution is -0.128. The zero-order chi connectivity index (χ0) is 14.7. The van der Waals surface area contributed by atoms with Crippen LogP contribution in [0.1, 0.15) is 18.9 Å². The van der Waals surface area contributed by atoms with Gasteiger partial charge >= 0.3 is 0 Å². The third-order valence-corrected chi connectivity index (χ3v) is 3.98. The zero-order valence-electron chi connectivity index (χ0n) is 12.4. The van der Waals surface area contributed by atoms with Gasteiger partial charge in [-0.3, -0.25) is 9.79 Å². The maximum absolute atomic E-state index is 12.1. The summed E-state index contributed by atoms with van der Waals surface area (Å²) >= 11 is 0. The second-order valence-electron chi connectivity index (χ2n) is 5.95. The molecule has 5 nitrogen and oxygen atoms in total. The number of nitrogens with zero attached hydrogens (tertiary/aromatic N) is 2. The number of aliphatic imine (C=N–C) groups is 1. The van der Waals surface area contributed by atoms with Gasteiger partial charge in [0, 0.05) is 38.0 Å². The summed E-state index contributed by atoms with van der Waals surface area (Å²) < 4.78 is 0. The number of hydrogen-bond acceptors (Lipinski definition) is 4. The van der Waals surface area contributed by atoms with E-state index < -0.39 is 0 Å². The van der Waals surface area contributed by atoms with Crippen LogP contribution in [0.15, 0.2) is 35.3 Å². The molecule has 2 aliphatic rings. The van der Waals surface area contributed by atoms with Crippen LogP contribution in [0.25, 0.3) is 0 Å². The Bertz CT molecular complexity index is 528. The second-order valence-corrected chi connectivity index (χ2v) is 5.95. The van der Waals surface area contributed by atoms with Crippen LogP contribution in [0.2, 0.25) is 0 Å². The first-order valence-corrected chi connectivity index (χ1v) is 7.57. The van der Waals surface area contributed by atoms with Crippen molar-refractivity contribution in [2.75, 3.05) is 19.6 Å². The van der Waals surface area contributed by atoms with Crippen molar-refractivity contribution in [3.8, 4) is 0 Å². The molecule has 1 fully saturated rings. The lowest BCUT2D eigenvalue weighted by Crippen LogP contribution is -2.40. The standard InChI is InChI=1S/C16H22N4O/c1-12-8-17-16(19-12)18-9-14-7-15(21)20(11-14)10-13-5-3-2-4-6-13/h2-6,12,14H,7-11H2,1H3,(H2,17,18,19). The van der Waals surface area contributed by atoms with Crippen molar-refractivity contribution in [3.63, 3.8) is 0 Å². The fraction of sp³-hybridized carbons (Fsp3) is 0.500. The summed E-state index contributed by atoms with van der Waals surface area (Å²) in [5, 5.41) is 6.60. The molecule has 5 heteroatoms. The Morgan fingerprint density at radius 1 is 1.38 bits per heavy atom. The van der Waals surface area contributed by atoms with Gasteiger partial charge in [0.15, 0.2) is 5.96 Å². The maximum atomic E-state index is 12.1. The largest absolute Gasteiger partial charge is 0.356 e. The van der Waals surface area contributed by atoms with Crippen molar-refractivity contribution < 1.29 is 4.79 Å². The summed E-state index contributed by atoms with van der Waals surface area (Å²) in [6, 6.07) is 10.6. The highest BCUT2D eigenvalue weighted by Gasteiger charge is 2.29. The van der Waals surface area contributed by atoms with E-state index >= 15 is 0 Å². The van der Waals surface area contributed by atoms with Gasteiger partial charge in [0.2, 0.25) is 5.91 Å². The number of likely N-dealkylation sites (tertiary alicyclic amines) is 1. The molecule has 2 aliphatic heterocycles. The molecule has 3 rings (SSSR count). The molecule has 0 aromatic heterocycles. The predicted molar refractivity (Wildman–Crippen MR) is 82.9 cm³/mol. The third-order valence-electron chi connectivity index (χ3n) is 3.98. The average molecular weight is 286 g/mol. The van der Waals surface area contributed by atoms with E-state index in [0.29, 0.717) is 24.9 Å². The molecule has 2 N–H and O–H groups in total. The number of hydrogen-bond donors (Lipinski definition) is 2. The van der Waals surface area contributed by atoms with Crippen molar-refractivity contribution >= 4 is 11.9 Å². The number of amides is 1. The molecule has 1 aromatic rings. The van der Waals surface area contributed by atoms with Crippen molar-refractivity contribution in [1.29, 1.82) is 0 Å². The van der Waals surface area contributed by atoms with Gasteiger partial charge in [-0.15, -0.1) is 0 Å². The summed E-state index contributed by atoms with van der Waals surface area (Å²) in [4.78, 5) is 18.4. The number of guanidine groups is 1. The van der Waals surface area contributed by atoms with Gasteiger partial charge in [-0.25, -0.2) is 0 Å². The minimum absolute atomic E-state index is 0.250. The van der Waals surface area contributed by atoms with Crippen molar-refractivity contribution in [2.24, 2.45) is 10.9 Å². The molecule has 0 radical (unpaired) electrons. The minimum Gasteiger partial charge on any atom is -0.356 e. The first-order valence-electron chi connectivity index (χ1n) is 7.57. The molecule has 112 valence electrons. The van der Waals surface area contributed by atoms with E-state index in [1.165, 1.54) is 5.56 Å². The quantitative estimate of drug-likeness (QED) is 0.867. The van der Waals surface area contributed by atoms with E-state index in [9.17, 15) is 4.79 Å². The van der Waals surface area contributed by atoms with Gasteiger partial charge in [0.1, 0.15) is 0 Å². The molecular weight excluding hydrogens is 264 g/mol. The zero-order valence-corrected chi connectivity index (χ0v) is 12.4. The fourth-order valence-corrected chi connectivity index (χ4v) is 2.85. The maximum Gasteiger partial charge on any atom is 0.223 e. The number of carbonyl (C=O) groups is 1. The van der Waals surface area contributed by atoms with E-state index in [0.717, 1.165) is 25.6 Å². The van der Waals surface area contributed by atoms with Crippen LogP contribution >= 0.6 is 0 Å². The van der Waals surface area contributed by atoms with Crippen LogP contribution in [0.5, 0.6) is 0 Å². The Kier molecular flexibility index (Phi) is 4.08. The lowest BCUT2D eigenvalue weighted by Gasteiger charge is -2.17. The van der Waals surface area contributed by atoms with Crippen LogP contribution in [0.4, 0.5) is 0 Å². The molecule has 1 saturated heterocycles. The van der Waals surface area contributed by atoms with Gasteiger partial charge in [-0.05, 0) is 12.5 Å². The molecule has 2 heterocycles. The molecular formula is C16H22N4O. The number of rotatable bonds is 4. The SMILES string of the molecule is CC1CN=C(NCC2CC(=O)N(Cc3ccccc3)C2)N1. The monoisotopic (exact) mass is 286 g/mol. The van der Waals surface area contributed by atoms with E-state index in [1.807, 2.05) is 23.1 Å². The van der Waals surface area contributed by atoms with E-state index in [4.69, 9.17) is 0 Å². The molecule has 1 aromatic carbocycles. The molecule has 1 amide bonds. The van der Waals surface area contributed by atoms with Crippen molar-refractivity contribution in [2.45, 2.75) is 25.9 Å². The van der Waals surface area contributed by atoms with E-state index in [-0.39, 0.29) is 5.91 Å². The van der Waals surface area contributed by atoms with Gasteiger partial charge in [-0.2, -0.15) is 0 Å². The Morgan fingerprint density at radius 3 is 2.90 bits per heavy atom. The van der Waals surface area contributed by atoms with Gasteiger partial charge < -0.3 is 15.5 Å². The van der Waals surface area contributed by atoms with Gasteiger partial charge in [0.25, 0.3) is 0 Å². The summed E-state index contributed by atoms with van der Waals surface area (Å²) in [6.45, 7) is 5.27. The molecule has 0 saturated carbocycles. The van der Waals surface area contributed by atoms with Crippen molar-refractivity contribution in [1.82, 2.24) is 15.5 Å². The Hall–Kier alpha value is -2.04. The Morgan fingerprint density at radius 2 is 2.19 bits per heavy atom. The Labute approximate surface area is 125 Å². The second kappa shape index (κ2) is 6.16. The summed E-state index contributed by atoms with van der Waals surface area (Å²) in [7, 11) is 0. The smallest absolute Gasteiger partial charge is 0.223 e. The number of carbonyl (C=O) groups excluding carboxylic acids is 1. The molecule has 0 bridgehead atoms. The van der Waals surface area contributed by atoms with Crippen LogP contribution in [-0.2, 0) is 11.3 Å². The average Bonchev–Trinajstić information content (AvgIpc) is 3.04. The van der Waals surface area contributed by atoms with Gasteiger partial charge in [0.05, 0.1) is 6.54 Å². The highest BCUT2D eigenvalue weighted by atomic mass is 16.2. The van der Waals surface area contributed by atoms with Crippen molar-refractivity contribution in [3.05, 3.63) is 35.9 Å². The number of nitrogens with one attached hydrogen (secondary N) is 2. The van der Waals surface area contributed by atoms with Crippen LogP contribution in [0, 0.1) is 5.92 Å². The van der Waals surface area contributed by atoms with Crippen LogP contribution in [0.3, 0.4) is 0 Å². The normalized spacial score (nSPS) is 24.9. The molecule has 2 atom stereocenters. The molecule has 21 heavy (non-hydrogen) atoms. The molecule has 2 unspecified atom stereocenters. The first kappa shape index (κ1) is 13.9. The molecule has 0 aliphatic carbocycles. The van der Waals surface area contributed by atoms with Crippen LogP contribution < -0.4 is 10.6 Å². The predicted octanol–water partition coefficient (Wildman–Crippen LogP) is 0.972. The summed E-state index contributed by atoms with van der Waals surface area (Å²) in [5.74, 6) is 1.48. The summed E-state index contributed by atoms with van der Waals surface area (Å²) in [6.07, 6.45) is 0.628. The minimum atomic E-state index is 0.250. The van der Waals surface area contributed by atoms with Crippen LogP contribution in [-0.4, -0.2) is 42.4 Å². The van der Waals surface area contributed by atoms with E-state index in [1.54, 1.807) is 0 Å². The topological polar surface area (TPSA) is 56.7 Å². The highest BCUT2D eigenvalue weighted by molar-refractivity contribution is 5.82. The summed E-state index contributed by atoms with van der Waals surface area (Å²) in [5.41, 5.74) is 1.19. The Balaban J connectivity index is 1.48. The van der Waals surface area contributed by atoms with Gasteiger partial charge in [-0.1, -0.05) is 30.3 Å². The lowest BCUT2D eigenvalue weighted by atomic mass is 10.1. The first-order chi connectivity index (χ1) is 10.2. The fourth-order valence-electron chi connectivity index (χ4n) is 2.85. The number of benzene rings is 1.